The third-order valence-electron chi connectivity index (χ3n) is 12.8. The van der Waals surface area contributed by atoms with Gasteiger partial charge in [-0.15, -0.1) is 32.9 Å². The lowest BCUT2D eigenvalue weighted by Gasteiger charge is -2.35. The number of amides is 3. The lowest BCUT2D eigenvalue weighted by atomic mass is 9.85. The topological polar surface area (TPSA) is 201 Å². The molecule has 4 N–H and O–H groups in total. The lowest BCUT2D eigenvalue weighted by molar-refractivity contribution is -0.144. The number of rotatable bonds is 13. The van der Waals surface area contributed by atoms with E-state index in [1.54, 1.807) is 45.3 Å². The maximum Gasteiger partial charge on any atom is 0.417 e. The number of aryl methyl sites for hydroxylation is 3. The summed E-state index contributed by atoms with van der Waals surface area (Å²) in [7, 11) is 0. The summed E-state index contributed by atoms with van der Waals surface area (Å²) in [6.45, 7) is 13.7. The van der Waals surface area contributed by atoms with Gasteiger partial charge in [-0.05, 0) is 80.0 Å². The third-order valence-corrected chi connectivity index (χ3v) is 15.0. The van der Waals surface area contributed by atoms with Crippen LogP contribution in [0.4, 0.5) is 13.2 Å². The molecule has 6 aromatic rings. The predicted molar refractivity (Wildman–Crippen MR) is 263 cm³/mol. The Bertz CT molecular complexity index is 3050. The van der Waals surface area contributed by atoms with Crippen molar-refractivity contribution in [3.63, 3.8) is 0 Å². The van der Waals surface area contributed by atoms with Crippen molar-refractivity contribution in [2.75, 3.05) is 13.2 Å². The minimum atomic E-state index is -4.84. The van der Waals surface area contributed by atoms with Gasteiger partial charge in [0.25, 0.3) is 5.91 Å². The predicted octanol–water partition coefficient (Wildman–Crippen LogP) is 8.49. The number of hydrogen-bond donors (Lipinski definition) is 4. The molecule has 8 rings (SSSR count). The number of aliphatic carboxylic acids is 1. The molecule has 5 heterocycles. The molecule has 20 heteroatoms. The molecular weight excluding hydrogens is 958 g/mol. The molecule has 1 saturated heterocycles. The summed E-state index contributed by atoms with van der Waals surface area (Å²) in [5, 5.41) is 35.4. The van der Waals surface area contributed by atoms with E-state index in [2.05, 4.69) is 25.8 Å². The Morgan fingerprint density at radius 3 is 2.23 bits per heavy atom. The van der Waals surface area contributed by atoms with E-state index < -0.39 is 77.7 Å². The number of carbonyl (C=O) groups excluding carboxylic acids is 3. The first-order valence-corrected chi connectivity index (χ1v) is 24.6. The first-order valence-electron chi connectivity index (χ1n) is 22.9. The van der Waals surface area contributed by atoms with Crippen molar-refractivity contribution in [2.24, 2.45) is 10.4 Å². The molecule has 0 spiro atoms. The second kappa shape index (κ2) is 19.8. The van der Waals surface area contributed by atoms with Crippen molar-refractivity contribution in [1.82, 2.24) is 35.3 Å². The van der Waals surface area contributed by atoms with E-state index in [0.29, 0.717) is 22.9 Å². The number of benzene rings is 3. The molecule has 3 aromatic heterocycles. The van der Waals surface area contributed by atoms with Crippen LogP contribution >= 0.6 is 22.7 Å². The number of aromatic nitrogens is 4. The number of hydrogen-bond acceptors (Lipinski definition) is 12. The average molecular weight is 1010 g/mol. The Hall–Kier alpha value is -6.77. The maximum atomic E-state index is 14.8. The number of aliphatic hydroxyl groups excluding tert-OH is 1. The first-order chi connectivity index (χ1) is 33.5. The number of aliphatic imine (C=N–C) groups is 1. The highest BCUT2D eigenvalue weighted by Crippen LogP contribution is 2.42. The number of alkyl halides is 3. The molecule has 2 aliphatic rings. The van der Waals surface area contributed by atoms with E-state index >= 15 is 0 Å². The molecule has 0 aliphatic carbocycles. The fraction of sp³-hybridized carbons (Fsp3) is 0.373. The number of aliphatic hydroxyl groups is 1. The van der Waals surface area contributed by atoms with E-state index in [4.69, 9.17) is 9.73 Å². The highest BCUT2D eigenvalue weighted by atomic mass is 32.1. The summed E-state index contributed by atoms with van der Waals surface area (Å²) in [5.74, 6) is -2.28. The van der Waals surface area contributed by atoms with Crippen LogP contribution in [0.5, 0.6) is 5.75 Å². The molecule has 2 aliphatic heterocycles. The smallest absolute Gasteiger partial charge is 0.417 e. The zero-order valence-corrected chi connectivity index (χ0v) is 41.8. The number of carboxylic acid groups (broad SMARTS) is 1. The van der Waals surface area contributed by atoms with E-state index in [1.165, 1.54) is 51.8 Å². The SMILES string of the molecule is Cc1ncsc1-c1ccc(C(C)NC(=O)[C@@H]2C[C@@H](O)CN2C(=O)C(NC(=O)COc2ccc(-c3ccc(C4=N[C@@H](CC(=O)O)c5nnc(C)n5-c5sc(C)c(C)c54)cc3)c(C(F)(F)F)c2)C(C)(C)C)cc1. The van der Waals surface area contributed by atoms with Crippen LogP contribution in [0.3, 0.4) is 0 Å². The Labute approximate surface area is 415 Å². The molecule has 0 saturated carbocycles. The van der Waals surface area contributed by atoms with Gasteiger partial charge in [0.05, 0.1) is 45.9 Å². The van der Waals surface area contributed by atoms with Crippen LogP contribution in [0.15, 0.2) is 77.2 Å². The maximum absolute atomic E-state index is 14.8. The summed E-state index contributed by atoms with van der Waals surface area (Å²) in [6, 6.07) is 13.9. The largest absolute Gasteiger partial charge is 0.484 e. The standard InChI is InChI=1S/C51H53F3N8O7S2/c1-25-28(4)71-49-42(25)43(57-38(21-41(65)66)46-60-59-29(5)62(46)49)32-13-11-31(12-14-32)36-18-17-35(20-37(36)51(52,53)54)69-23-40(64)58-45(50(6,7)8)48(68)61-22-34(63)19-39(61)47(67)56-26(2)30-9-15-33(16-10-30)44-27(3)55-24-70-44/h9-18,20,24,26,34,38-39,45,63H,19,21-23H2,1-8H3,(H,56,67)(H,58,64)(H,65,66)/t26?,34-,38+,39+,45?/m1/s1. The number of nitrogens with one attached hydrogen (secondary N) is 2. The molecule has 15 nitrogen and oxygen atoms in total. The van der Waals surface area contributed by atoms with Crippen LogP contribution in [0.1, 0.15) is 103 Å². The Kier molecular flexibility index (Phi) is 14.1. The number of halogens is 3. The van der Waals surface area contributed by atoms with E-state index in [0.717, 1.165) is 48.8 Å². The van der Waals surface area contributed by atoms with Gasteiger partial charge in [-0.25, -0.2) is 4.98 Å². The first kappa shape index (κ1) is 50.6. The molecule has 3 amide bonds. The molecule has 0 bridgehead atoms. The fourth-order valence-electron chi connectivity index (χ4n) is 8.96. The second-order valence-electron chi connectivity index (χ2n) is 18.9. The number of thiophene rings is 1. The lowest BCUT2D eigenvalue weighted by Crippen LogP contribution is -2.58. The number of ether oxygens (including phenoxy) is 1. The van der Waals surface area contributed by atoms with Gasteiger partial charge in [-0.1, -0.05) is 75.4 Å². The molecule has 1 fully saturated rings. The number of thiazole rings is 1. The zero-order chi connectivity index (χ0) is 51.3. The summed E-state index contributed by atoms with van der Waals surface area (Å²) in [6.07, 6.45) is -6.21. The van der Waals surface area contributed by atoms with Crippen LogP contribution in [-0.4, -0.2) is 95.6 Å². The van der Waals surface area contributed by atoms with Gasteiger partial charge in [0, 0.05) is 29.0 Å². The third kappa shape index (κ3) is 10.5. The highest BCUT2D eigenvalue weighted by molar-refractivity contribution is 7.15. The van der Waals surface area contributed by atoms with Crippen LogP contribution in [0, 0.1) is 33.1 Å². The van der Waals surface area contributed by atoms with Gasteiger partial charge in [0.2, 0.25) is 11.8 Å². The molecular formula is C51H53F3N8O7S2. The molecule has 71 heavy (non-hydrogen) atoms. The molecule has 3 aromatic carbocycles. The Balaban J connectivity index is 0.959. The normalized spacial score (nSPS) is 17.7. The number of likely N-dealkylation sites (tertiary alicyclic amines) is 1. The highest BCUT2D eigenvalue weighted by Gasteiger charge is 2.45. The molecule has 2 unspecified atom stereocenters. The van der Waals surface area contributed by atoms with Crippen LogP contribution in [0.2, 0.25) is 0 Å². The van der Waals surface area contributed by atoms with Crippen molar-refractivity contribution in [3.05, 3.63) is 122 Å². The summed E-state index contributed by atoms with van der Waals surface area (Å²) in [5.41, 5.74) is 5.38. The van der Waals surface area contributed by atoms with Gasteiger partial charge in [0.15, 0.2) is 12.4 Å². The van der Waals surface area contributed by atoms with Gasteiger partial charge in [-0.2, -0.15) is 13.2 Å². The van der Waals surface area contributed by atoms with Crippen molar-refractivity contribution in [2.45, 2.75) is 105 Å². The zero-order valence-electron chi connectivity index (χ0n) is 40.2. The van der Waals surface area contributed by atoms with Crippen LogP contribution < -0.4 is 15.4 Å². The number of carbonyl (C=O) groups is 4. The van der Waals surface area contributed by atoms with Gasteiger partial charge in [0.1, 0.15) is 34.7 Å². The summed E-state index contributed by atoms with van der Waals surface area (Å²) in [4.78, 5) is 66.0. The van der Waals surface area contributed by atoms with E-state index in [1.807, 2.05) is 56.5 Å². The Morgan fingerprint density at radius 1 is 0.915 bits per heavy atom. The average Bonchev–Trinajstić information content (AvgIpc) is 4.08. The summed E-state index contributed by atoms with van der Waals surface area (Å²) < 4.78 is 51.8. The Morgan fingerprint density at radius 2 is 1.59 bits per heavy atom. The minimum Gasteiger partial charge on any atom is -0.484 e. The van der Waals surface area contributed by atoms with Gasteiger partial charge >= 0.3 is 12.1 Å². The number of carboxylic acids is 1. The minimum absolute atomic E-state index is 0.0195. The van der Waals surface area contributed by atoms with Crippen molar-refractivity contribution < 1.29 is 47.3 Å². The number of nitrogens with zero attached hydrogens (tertiary/aromatic N) is 6. The van der Waals surface area contributed by atoms with Crippen LogP contribution in [-0.2, 0) is 25.4 Å². The number of fused-ring (bicyclic) bond motifs is 3. The van der Waals surface area contributed by atoms with Gasteiger partial charge < -0.3 is 30.5 Å². The quantitative estimate of drug-likeness (QED) is 0.0870. The fourth-order valence-corrected chi connectivity index (χ4v) is 11.0. The van der Waals surface area contributed by atoms with Gasteiger partial charge in [-0.3, -0.25) is 28.7 Å². The molecule has 372 valence electrons. The molecule has 0 radical (unpaired) electrons. The van der Waals surface area contributed by atoms with E-state index in [-0.39, 0.29) is 36.3 Å². The van der Waals surface area contributed by atoms with Crippen LogP contribution in [0.25, 0.3) is 26.6 Å². The summed E-state index contributed by atoms with van der Waals surface area (Å²) >= 11 is 3.02. The van der Waals surface area contributed by atoms with Crippen molar-refractivity contribution in [1.29, 1.82) is 0 Å². The molecule has 5 atom stereocenters. The van der Waals surface area contributed by atoms with Crippen molar-refractivity contribution in [3.8, 4) is 32.3 Å². The monoisotopic (exact) mass is 1010 g/mol. The van der Waals surface area contributed by atoms with E-state index in [9.17, 15) is 42.6 Å². The second-order valence-corrected chi connectivity index (χ2v) is 21.0. The van der Waals surface area contributed by atoms with Crippen molar-refractivity contribution >= 4 is 52.1 Å². The number of β-amino-alcohol motifs (C(OH)–C–C–N with tert-alkyl or cyclic N) is 1.